The molecule has 0 radical (unpaired) electrons. The zero-order valence-corrected chi connectivity index (χ0v) is 19.2. The van der Waals surface area contributed by atoms with E-state index < -0.39 is 0 Å². The first-order valence-electron chi connectivity index (χ1n) is 11.9. The lowest BCUT2D eigenvalue weighted by molar-refractivity contribution is 0.0322. The summed E-state index contributed by atoms with van der Waals surface area (Å²) in [5, 5.41) is 0. The van der Waals surface area contributed by atoms with Crippen molar-refractivity contribution in [3.05, 3.63) is 72.2 Å². The first-order chi connectivity index (χ1) is 16.8. The highest BCUT2D eigenvalue weighted by atomic mass is 16.5. The van der Waals surface area contributed by atoms with Crippen LogP contribution < -0.4 is 4.74 Å². The molecule has 0 aliphatic carbocycles. The molecule has 2 aromatic heterocycles. The second-order valence-corrected chi connectivity index (χ2v) is 8.50. The number of likely N-dealkylation sites (tertiary alicyclic amines) is 1. The summed E-state index contributed by atoms with van der Waals surface area (Å²) < 4.78 is 11.3. The minimum atomic E-state index is -0.0672. The average Bonchev–Trinajstić information content (AvgIpc) is 3.40. The van der Waals surface area contributed by atoms with Gasteiger partial charge in [-0.15, -0.1) is 0 Å². The van der Waals surface area contributed by atoms with Crippen LogP contribution in [-0.2, 0) is 4.74 Å². The Kier molecular flexibility index (Phi) is 7.07. The Bertz CT molecular complexity index is 1090. The van der Waals surface area contributed by atoms with Gasteiger partial charge in [-0.2, -0.15) is 0 Å². The van der Waals surface area contributed by atoms with Crippen LogP contribution in [0.3, 0.4) is 0 Å². The Morgan fingerprint density at radius 1 is 1.00 bits per heavy atom. The number of hydrogen-bond donors (Lipinski definition) is 0. The summed E-state index contributed by atoms with van der Waals surface area (Å²) >= 11 is 0. The molecule has 5 rings (SSSR count). The van der Waals surface area contributed by atoms with Crippen LogP contribution in [0.25, 0.3) is 11.5 Å². The van der Waals surface area contributed by atoms with Gasteiger partial charge in [0.1, 0.15) is 18.1 Å². The molecule has 1 aromatic carbocycles. The predicted octanol–water partition coefficient (Wildman–Crippen LogP) is 3.23. The second kappa shape index (κ2) is 10.7. The fourth-order valence-electron chi connectivity index (χ4n) is 4.47. The smallest absolute Gasteiger partial charge is 0.254 e. The molecule has 2 saturated heterocycles. The van der Waals surface area contributed by atoms with Gasteiger partial charge in [-0.3, -0.25) is 14.7 Å². The summed E-state index contributed by atoms with van der Waals surface area (Å²) in [6.07, 6.45) is 5.30. The van der Waals surface area contributed by atoms with Crippen LogP contribution in [0.2, 0.25) is 0 Å². The van der Waals surface area contributed by atoms with Crippen molar-refractivity contribution in [1.29, 1.82) is 0 Å². The van der Waals surface area contributed by atoms with Crippen molar-refractivity contribution in [1.82, 2.24) is 24.8 Å². The van der Waals surface area contributed by atoms with E-state index in [-0.39, 0.29) is 11.9 Å². The van der Waals surface area contributed by atoms with Gasteiger partial charge in [0, 0.05) is 44.1 Å². The van der Waals surface area contributed by atoms with Gasteiger partial charge in [-0.05, 0) is 55.3 Å². The number of amides is 1. The molecule has 0 spiro atoms. The Labute approximate surface area is 199 Å². The SMILES string of the molecule is O=C(c1ccc(OCCN2CCOCC2)cc1)N1CCC[C@@H]1c1ccnc(-c2ccccn2)n1. The Hall–Kier alpha value is -3.36. The molecule has 8 nitrogen and oxygen atoms in total. The number of pyridine rings is 1. The number of aromatic nitrogens is 3. The van der Waals surface area contributed by atoms with E-state index in [0.29, 0.717) is 24.5 Å². The lowest BCUT2D eigenvalue weighted by Gasteiger charge is -2.26. The molecule has 3 aromatic rings. The van der Waals surface area contributed by atoms with E-state index in [1.807, 2.05) is 53.4 Å². The number of carbonyl (C=O) groups is 1. The van der Waals surface area contributed by atoms with Crippen molar-refractivity contribution in [2.24, 2.45) is 0 Å². The monoisotopic (exact) mass is 459 g/mol. The lowest BCUT2D eigenvalue weighted by atomic mass is 10.1. The van der Waals surface area contributed by atoms with Gasteiger partial charge >= 0.3 is 0 Å². The third-order valence-electron chi connectivity index (χ3n) is 6.31. The Balaban J connectivity index is 1.22. The molecule has 34 heavy (non-hydrogen) atoms. The first-order valence-corrected chi connectivity index (χ1v) is 11.9. The molecular formula is C26H29N5O3. The van der Waals surface area contributed by atoms with E-state index >= 15 is 0 Å². The second-order valence-electron chi connectivity index (χ2n) is 8.50. The van der Waals surface area contributed by atoms with Crippen molar-refractivity contribution in [3.63, 3.8) is 0 Å². The zero-order valence-electron chi connectivity index (χ0n) is 19.2. The first kappa shape index (κ1) is 22.4. The largest absolute Gasteiger partial charge is 0.492 e. The number of nitrogens with zero attached hydrogens (tertiary/aromatic N) is 5. The van der Waals surface area contributed by atoms with Gasteiger partial charge in [0.25, 0.3) is 5.91 Å². The topological polar surface area (TPSA) is 80.7 Å². The fraction of sp³-hybridized carbons (Fsp3) is 0.385. The zero-order chi connectivity index (χ0) is 23.2. The van der Waals surface area contributed by atoms with Crippen LogP contribution in [0.1, 0.15) is 34.9 Å². The third-order valence-corrected chi connectivity index (χ3v) is 6.31. The molecule has 0 unspecified atom stereocenters. The number of rotatable bonds is 7. The van der Waals surface area contributed by atoms with Crippen molar-refractivity contribution < 1.29 is 14.3 Å². The van der Waals surface area contributed by atoms with Gasteiger partial charge in [0.15, 0.2) is 5.82 Å². The predicted molar refractivity (Wildman–Crippen MR) is 127 cm³/mol. The molecule has 1 amide bonds. The van der Waals surface area contributed by atoms with Crippen LogP contribution >= 0.6 is 0 Å². The molecule has 2 fully saturated rings. The van der Waals surface area contributed by atoms with E-state index in [1.54, 1.807) is 12.4 Å². The van der Waals surface area contributed by atoms with E-state index in [4.69, 9.17) is 14.5 Å². The summed E-state index contributed by atoms with van der Waals surface area (Å²) in [6, 6.07) is 15.0. The third kappa shape index (κ3) is 5.24. The van der Waals surface area contributed by atoms with Gasteiger partial charge in [-0.1, -0.05) is 6.07 Å². The Morgan fingerprint density at radius 3 is 2.65 bits per heavy atom. The van der Waals surface area contributed by atoms with Crippen molar-refractivity contribution in [2.45, 2.75) is 18.9 Å². The van der Waals surface area contributed by atoms with E-state index in [2.05, 4.69) is 14.9 Å². The molecule has 2 aliphatic heterocycles. The van der Waals surface area contributed by atoms with E-state index in [0.717, 1.165) is 62.8 Å². The van der Waals surface area contributed by atoms with Crippen LogP contribution in [-0.4, -0.2) is 76.7 Å². The van der Waals surface area contributed by atoms with Gasteiger partial charge in [0.2, 0.25) is 0 Å². The number of carbonyl (C=O) groups excluding carboxylic acids is 1. The maximum Gasteiger partial charge on any atom is 0.254 e. The van der Waals surface area contributed by atoms with Gasteiger partial charge < -0.3 is 14.4 Å². The van der Waals surface area contributed by atoms with Crippen LogP contribution in [0.15, 0.2) is 60.9 Å². The molecule has 0 bridgehead atoms. The van der Waals surface area contributed by atoms with Crippen LogP contribution in [0.5, 0.6) is 5.75 Å². The normalized spacial score (nSPS) is 18.7. The van der Waals surface area contributed by atoms with E-state index in [9.17, 15) is 4.79 Å². The molecule has 4 heterocycles. The quantitative estimate of drug-likeness (QED) is 0.537. The minimum absolute atomic E-state index is 0.0142. The number of benzene rings is 1. The number of ether oxygens (including phenoxy) is 2. The molecule has 0 saturated carbocycles. The molecular weight excluding hydrogens is 430 g/mol. The van der Waals surface area contributed by atoms with Crippen LogP contribution in [0, 0.1) is 0 Å². The van der Waals surface area contributed by atoms with Gasteiger partial charge in [-0.25, -0.2) is 9.97 Å². The highest BCUT2D eigenvalue weighted by Gasteiger charge is 2.32. The number of morpholine rings is 1. The molecule has 2 aliphatic rings. The minimum Gasteiger partial charge on any atom is -0.492 e. The number of hydrogen-bond acceptors (Lipinski definition) is 7. The van der Waals surface area contributed by atoms with Crippen molar-refractivity contribution in [2.75, 3.05) is 46.0 Å². The van der Waals surface area contributed by atoms with E-state index in [1.165, 1.54) is 0 Å². The summed E-state index contributed by atoms with van der Waals surface area (Å²) in [5.41, 5.74) is 2.24. The van der Waals surface area contributed by atoms with Crippen molar-refractivity contribution in [3.8, 4) is 17.3 Å². The molecule has 8 heteroatoms. The molecule has 1 atom stereocenters. The molecule has 0 N–H and O–H groups in total. The highest BCUT2D eigenvalue weighted by molar-refractivity contribution is 5.94. The summed E-state index contributed by atoms with van der Waals surface area (Å²) in [6.45, 7) is 5.67. The summed E-state index contributed by atoms with van der Waals surface area (Å²) in [5.74, 6) is 1.37. The maximum atomic E-state index is 13.3. The summed E-state index contributed by atoms with van der Waals surface area (Å²) in [4.78, 5) is 31.0. The average molecular weight is 460 g/mol. The Morgan fingerprint density at radius 2 is 1.85 bits per heavy atom. The molecule has 176 valence electrons. The highest BCUT2D eigenvalue weighted by Crippen LogP contribution is 2.33. The van der Waals surface area contributed by atoms with Crippen molar-refractivity contribution >= 4 is 5.91 Å². The lowest BCUT2D eigenvalue weighted by Crippen LogP contribution is -2.38. The fourth-order valence-corrected chi connectivity index (χ4v) is 4.47. The van der Waals surface area contributed by atoms with Gasteiger partial charge in [0.05, 0.1) is 24.9 Å². The van der Waals surface area contributed by atoms with Crippen LogP contribution in [0.4, 0.5) is 0 Å². The summed E-state index contributed by atoms with van der Waals surface area (Å²) in [7, 11) is 0. The standard InChI is InChI=1S/C26H29N5O3/c32-26(20-6-8-21(9-7-20)34-19-16-30-14-17-33-18-15-30)31-13-3-5-24(31)22-10-12-28-25(29-22)23-4-1-2-11-27-23/h1-2,4,6-12,24H,3,5,13-19H2/t24-/m1/s1. The maximum absolute atomic E-state index is 13.3.